The Morgan fingerprint density at radius 1 is 1.67 bits per heavy atom. The molecule has 0 amide bonds. The quantitative estimate of drug-likeness (QED) is 0.744. The summed E-state index contributed by atoms with van der Waals surface area (Å²) in [6.45, 7) is 0.849. The predicted molar refractivity (Wildman–Crippen MR) is 63.7 cm³/mol. The predicted octanol–water partition coefficient (Wildman–Crippen LogP) is 1.42. The highest BCUT2D eigenvalue weighted by Gasteiger charge is 2.26. The number of aromatic amines is 1. The smallest absolute Gasteiger partial charge is 0.252 e. The number of thioether (sulfide) groups is 1. The van der Waals surface area contributed by atoms with Crippen LogP contribution in [-0.2, 0) is 0 Å². The van der Waals surface area contributed by atoms with E-state index in [9.17, 15) is 4.79 Å². The molecule has 0 saturated heterocycles. The average Bonchev–Trinajstić information content (AvgIpc) is 3.00. The van der Waals surface area contributed by atoms with Gasteiger partial charge >= 0.3 is 0 Å². The summed E-state index contributed by atoms with van der Waals surface area (Å²) in [5.74, 6) is 3.05. The van der Waals surface area contributed by atoms with Gasteiger partial charge in [0.05, 0.1) is 0 Å². The molecule has 15 heavy (non-hydrogen) atoms. The molecule has 2 rings (SSSR count). The van der Waals surface area contributed by atoms with Crippen LogP contribution in [0.25, 0.3) is 0 Å². The molecule has 0 atom stereocenters. The normalized spacial score (nSPS) is 15.3. The van der Waals surface area contributed by atoms with Gasteiger partial charge in [-0.25, -0.2) is 4.98 Å². The van der Waals surface area contributed by atoms with Crippen LogP contribution in [0.5, 0.6) is 0 Å². The first-order chi connectivity index (χ1) is 7.29. The van der Waals surface area contributed by atoms with Gasteiger partial charge in [-0.15, -0.1) is 0 Å². The molecule has 0 radical (unpaired) electrons. The summed E-state index contributed by atoms with van der Waals surface area (Å²) in [6, 6.07) is 1.52. The molecule has 2 N–H and O–H groups in total. The minimum absolute atomic E-state index is 0.0569. The summed E-state index contributed by atoms with van der Waals surface area (Å²) in [5, 5.41) is 3.16. The maximum atomic E-state index is 11.3. The van der Waals surface area contributed by atoms with Crippen molar-refractivity contribution < 1.29 is 0 Å². The van der Waals surface area contributed by atoms with Crippen molar-refractivity contribution in [3.05, 3.63) is 22.2 Å². The zero-order chi connectivity index (χ0) is 10.7. The van der Waals surface area contributed by atoms with Crippen LogP contribution in [0.3, 0.4) is 0 Å². The molecule has 1 aromatic heterocycles. The zero-order valence-electron chi connectivity index (χ0n) is 8.75. The van der Waals surface area contributed by atoms with Crippen molar-refractivity contribution in [1.29, 1.82) is 0 Å². The monoisotopic (exact) mass is 225 g/mol. The number of hydrogen-bond donors (Lipinski definition) is 2. The van der Waals surface area contributed by atoms with E-state index in [0.717, 1.165) is 31.0 Å². The first-order valence-electron chi connectivity index (χ1n) is 5.13. The molecule has 0 spiro atoms. The zero-order valence-corrected chi connectivity index (χ0v) is 9.56. The Morgan fingerprint density at radius 3 is 3.13 bits per heavy atom. The van der Waals surface area contributed by atoms with Gasteiger partial charge in [0, 0.05) is 24.3 Å². The van der Waals surface area contributed by atoms with Crippen molar-refractivity contribution in [2.45, 2.75) is 18.8 Å². The molecule has 5 heteroatoms. The second kappa shape index (κ2) is 4.70. The standard InChI is InChI=1S/C10H15N3OS/c1-15-5-4-11-8-6-9(14)13-10(12-8)7-2-3-7/h6-7H,2-5H2,1H3,(H2,11,12,13,14). The van der Waals surface area contributed by atoms with E-state index in [2.05, 4.69) is 21.5 Å². The lowest BCUT2D eigenvalue weighted by Crippen LogP contribution is -2.14. The Kier molecular flexibility index (Phi) is 3.30. The second-order valence-electron chi connectivity index (χ2n) is 3.71. The van der Waals surface area contributed by atoms with Crippen LogP contribution in [0.4, 0.5) is 5.82 Å². The molecular formula is C10H15N3OS. The van der Waals surface area contributed by atoms with E-state index in [1.807, 2.05) is 0 Å². The number of hydrogen-bond acceptors (Lipinski definition) is 4. The SMILES string of the molecule is CSCCNc1cc(=O)[nH]c(C2CC2)n1. The molecule has 0 unspecified atom stereocenters. The average molecular weight is 225 g/mol. The largest absolute Gasteiger partial charge is 0.369 e. The van der Waals surface area contributed by atoms with E-state index >= 15 is 0 Å². The molecule has 82 valence electrons. The summed E-state index contributed by atoms with van der Waals surface area (Å²) in [7, 11) is 0. The number of anilines is 1. The maximum absolute atomic E-state index is 11.3. The molecule has 0 aromatic carbocycles. The highest BCUT2D eigenvalue weighted by atomic mass is 32.2. The van der Waals surface area contributed by atoms with Crippen molar-refractivity contribution in [1.82, 2.24) is 9.97 Å². The van der Waals surface area contributed by atoms with Crippen LogP contribution in [0.1, 0.15) is 24.6 Å². The van der Waals surface area contributed by atoms with Crippen LogP contribution in [0, 0.1) is 0 Å². The van der Waals surface area contributed by atoms with E-state index in [-0.39, 0.29) is 5.56 Å². The first kappa shape index (κ1) is 10.5. The fraction of sp³-hybridized carbons (Fsp3) is 0.600. The fourth-order valence-electron chi connectivity index (χ4n) is 1.40. The number of rotatable bonds is 5. The van der Waals surface area contributed by atoms with Crippen molar-refractivity contribution >= 4 is 17.6 Å². The van der Waals surface area contributed by atoms with Gasteiger partial charge in [0.1, 0.15) is 11.6 Å². The molecular weight excluding hydrogens is 210 g/mol. The van der Waals surface area contributed by atoms with Gasteiger partial charge in [0.2, 0.25) is 0 Å². The molecule has 1 aliphatic rings. The number of H-pyrrole nitrogens is 1. The van der Waals surface area contributed by atoms with Gasteiger partial charge in [-0.1, -0.05) is 0 Å². The lowest BCUT2D eigenvalue weighted by molar-refractivity contribution is 0.906. The maximum Gasteiger partial charge on any atom is 0.252 e. The molecule has 1 aliphatic carbocycles. The van der Waals surface area contributed by atoms with E-state index in [1.165, 1.54) is 6.07 Å². The van der Waals surface area contributed by atoms with Crippen LogP contribution >= 0.6 is 11.8 Å². The minimum atomic E-state index is -0.0569. The van der Waals surface area contributed by atoms with Crippen LogP contribution in [-0.4, -0.2) is 28.5 Å². The van der Waals surface area contributed by atoms with Gasteiger partial charge in [-0.2, -0.15) is 11.8 Å². The Hall–Kier alpha value is -0.970. The fourth-order valence-corrected chi connectivity index (χ4v) is 1.70. The lowest BCUT2D eigenvalue weighted by atomic mass is 10.4. The van der Waals surface area contributed by atoms with Crippen molar-refractivity contribution in [3.63, 3.8) is 0 Å². The Labute approximate surface area is 92.9 Å². The highest BCUT2D eigenvalue weighted by Crippen LogP contribution is 2.37. The van der Waals surface area contributed by atoms with E-state index < -0.39 is 0 Å². The second-order valence-corrected chi connectivity index (χ2v) is 4.70. The van der Waals surface area contributed by atoms with Crippen LogP contribution in [0.15, 0.2) is 10.9 Å². The van der Waals surface area contributed by atoms with Gasteiger partial charge in [0.25, 0.3) is 5.56 Å². The number of aromatic nitrogens is 2. The molecule has 0 aliphatic heterocycles. The number of nitrogens with one attached hydrogen (secondary N) is 2. The molecule has 1 fully saturated rings. The first-order valence-corrected chi connectivity index (χ1v) is 6.53. The third-order valence-electron chi connectivity index (χ3n) is 2.34. The lowest BCUT2D eigenvalue weighted by Gasteiger charge is -2.05. The third kappa shape index (κ3) is 2.99. The van der Waals surface area contributed by atoms with E-state index in [0.29, 0.717) is 11.7 Å². The Bertz CT molecular complexity index is 386. The van der Waals surface area contributed by atoms with Crippen LogP contribution in [0.2, 0.25) is 0 Å². The summed E-state index contributed by atoms with van der Waals surface area (Å²) in [5.41, 5.74) is -0.0569. The van der Waals surface area contributed by atoms with Crippen molar-refractivity contribution in [3.8, 4) is 0 Å². The van der Waals surface area contributed by atoms with E-state index in [1.54, 1.807) is 11.8 Å². The molecule has 0 bridgehead atoms. The van der Waals surface area contributed by atoms with Gasteiger partial charge in [-0.05, 0) is 19.1 Å². The molecule has 1 heterocycles. The summed E-state index contributed by atoms with van der Waals surface area (Å²) in [6.07, 6.45) is 4.36. The number of nitrogens with zero attached hydrogens (tertiary/aromatic N) is 1. The summed E-state index contributed by atoms with van der Waals surface area (Å²) in [4.78, 5) is 18.5. The Balaban J connectivity index is 2.06. The highest BCUT2D eigenvalue weighted by molar-refractivity contribution is 7.98. The topological polar surface area (TPSA) is 57.8 Å². The van der Waals surface area contributed by atoms with E-state index in [4.69, 9.17) is 0 Å². The minimum Gasteiger partial charge on any atom is -0.369 e. The van der Waals surface area contributed by atoms with Gasteiger partial charge in [0.15, 0.2) is 0 Å². The molecule has 4 nitrogen and oxygen atoms in total. The van der Waals surface area contributed by atoms with Crippen LogP contribution < -0.4 is 10.9 Å². The summed E-state index contributed by atoms with van der Waals surface area (Å²) >= 11 is 1.77. The van der Waals surface area contributed by atoms with Gasteiger partial charge < -0.3 is 10.3 Å². The molecule has 1 aromatic rings. The van der Waals surface area contributed by atoms with Gasteiger partial charge in [-0.3, -0.25) is 4.79 Å². The Morgan fingerprint density at radius 2 is 2.47 bits per heavy atom. The van der Waals surface area contributed by atoms with Crippen molar-refractivity contribution in [2.75, 3.05) is 23.9 Å². The van der Waals surface area contributed by atoms with Crippen molar-refractivity contribution in [2.24, 2.45) is 0 Å². The third-order valence-corrected chi connectivity index (χ3v) is 2.95. The molecule has 1 saturated carbocycles. The summed E-state index contributed by atoms with van der Waals surface area (Å²) < 4.78 is 0.